The lowest BCUT2D eigenvalue weighted by Crippen LogP contribution is -2.27. The molecule has 0 fully saturated rings. The van der Waals surface area contributed by atoms with Crippen LogP contribution < -0.4 is 10.9 Å². The topological polar surface area (TPSA) is 90.0 Å². The summed E-state index contributed by atoms with van der Waals surface area (Å²) in [7, 11) is 0. The number of nitrogens with one attached hydrogen (secondary N) is 1. The number of nitrogens with zero attached hydrogens (tertiary/aromatic N) is 3. The third-order valence-corrected chi connectivity index (χ3v) is 5.26. The van der Waals surface area contributed by atoms with Gasteiger partial charge in [-0.3, -0.25) is 14.2 Å². The smallest absolute Gasteiger partial charge is 0.271 e. The van der Waals surface area contributed by atoms with E-state index in [0.717, 1.165) is 10.4 Å². The summed E-state index contributed by atoms with van der Waals surface area (Å²) in [6.07, 6.45) is 1.37. The van der Waals surface area contributed by atoms with E-state index in [9.17, 15) is 9.59 Å². The molecular weight excluding hydrogens is 388 g/mol. The molecule has 7 nitrogen and oxygen atoms in total. The zero-order valence-corrected chi connectivity index (χ0v) is 15.7. The maximum Gasteiger partial charge on any atom is 0.271 e. The number of carbonyl (C=O) groups excluding carboxylic acids is 1. The van der Waals surface area contributed by atoms with Gasteiger partial charge in [0.15, 0.2) is 5.82 Å². The Bertz CT molecular complexity index is 1190. The van der Waals surface area contributed by atoms with E-state index in [1.54, 1.807) is 25.1 Å². The van der Waals surface area contributed by atoms with Gasteiger partial charge in [0.2, 0.25) is 5.91 Å². The van der Waals surface area contributed by atoms with Crippen molar-refractivity contribution in [3.8, 4) is 10.4 Å². The Morgan fingerprint density at radius 1 is 1.30 bits per heavy atom. The number of carbonyl (C=O) groups is 1. The molecule has 0 atom stereocenters. The molecule has 0 radical (unpaired) electrons. The molecule has 1 amide bonds. The predicted molar refractivity (Wildman–Crippen MR) is 104 cm³/mol. The van der Waals surface area contributed by atoms with Crippen LogP contribution in [0.4, 0.5) is 5.82 Å². The fraction of sp³-hybridized carbons (Fsp3) is 0.111. The zero-order valence-electron chi connectivity index (χ0n) is 14.1. The van der Waals surface area contributed by atoms with Gasteiger partial charge in [-0.2, -0.15) is 0 Å². The highest BCUT2D eigenvalue weighted by atomic mass is 35.5. The van der Waals surface area contributed by atoms with E-state index in [-0.39, 0.29) is 18.0 Å². The molecule has 4 rings (SSSR count). The van der Waals surface area contributed by atoms with Gasteiger partial charge in [-0.05, 0) is 30.7 Å². The van der Waals surface area contributed by atoms with E-state index in [0.29, 0.717) is 26.8 Å². The summed E-state index contributed by atoms with van der Waals surface area (Å²) in [6, 6.07) is 10.8. The second-order valence-corrected chi connectivity index (χ2v) is 7.37. The molecule has 0 aliphatic heterocycles. The molecule has 1 N–H and O–H groups in total. The van der Waals surface area contributed by atoms with Gasteiger partial charge in [-0.1, -0.05) is 28.9 Å². The largest absolute Gasteiger partial charge is 0.360 e. The van der Waals surface area contributed by atoms with Gasteiger partial charge in [-0.15, -0.1) is 11.3 Å². The number of fused-ring (bicyclic) bond motifs is 1. The van der Waals surface area contributed by atoms with Crippen LogP contribution in [0.2, 0.25) is 5.02 Å². The molecule has 136 valence electrons. The van der Waals surface area contributed by atoms with E-state index in [2.05, 4.69) is 15.5 Å². The average molecular weight is 401 g/mol. The lowest BCUT2D eigenvalue weighted by molar-refractivity contribution is -0.116. The van der Waals surface area contributed by atoms with Crippen molar-refractivity contribution in [3.05, 3.63) is 63.9 Å². The summed E-state index contributed by atoms with van der Waals surface area (Å²) < 4.78 is 6.66. The Hall–Kier alpha value is -2.97. The van der Waals surface area contributed by atoms with Crippen molar-refractivity contribution in [1.82, 2.24) is 14.7 Å². The highest BCUT2D eigenvalue weighted by molar-refractivity contribution is 7.22. The molecule has 0 spiro atoms. The van der Waals surface area contributed by atoms with Gasteiger partial charge >= 0.3 is 0 Å². The first-order valence-corrected chi connectivity index (χ1v) is 9.17. The van der Waals surface area contributed by atoms with Crippen molar-refractivity contribution in [3.63, 3.8) is 0 Å². The summed E-state index contributed by atoms with van der Waals surface area (Å²) in [6.45, 7) is 1.56. The number of hydrogen-bond acceptors (Lipinski definition) is 6. The summed E-state index contributed by atoms with van der Waals surface area (Å²) in [4.78, 5) is 30.1. The van der Waals surface area contributed by atoms with Gasteiger partial charge in [0.25, 0.3) is 5.56 Å². The Balaban J connectivity index is 1.61. The molecule has 4 aromatic rings. The first-order valence-electron chi connectivity index (χ1n) is 7.98. The average Bonchev–Trinajstić information content (AvgIpc) is 3.25. The van der Waals surface area contributed by atoms with Crippen molar-refractivity contribution in [2.24, 2.45) is 0 Å². The van der Waals surface area contributed by atoms with Gasteiger partial charge in [0, 0.05) is 16.0 Å². The Morgan fingerprint density at radius 2 is 2.07 bits per heavy atom. The van der Waals surface area contributed by atoms with Crippen molar-refractivity contribution in [2.45, 2.75) is 13.5 Å². The number of anilines is 1. The quantitative estimate of drug-likeness (QED) is 0.564. The Labute approximate surface area is 162 Å². The zero-order chi connectivity index (χ0) is 19.0. The molecule has 0 aliphatic rings. The number of aryl methyl sites for hydroxylation is 1. The minimum atomic E-state index is -0.388. The summed E-state index contributed by atoms with van der Waals surface area (Å²) >= 11 is 7.25. The lowest BCUT2D eigenvalue weighted by atomic mass is 10.2. The second-order valence-electron chi connectivity index (χ2n) is 5.88. The van der Waals surface area contributed by atoms with Gasteiger partial charge < -0.3 is 9.84 Å². The van der Waals surface area contributed by atoms with Crippen LogP contribution in [0.5, 0.6) is 0 Å². The normalized spacial score (nSPS) is 11.0. The molecule has 0 aliphatic carbocycles. The summed E-state index contributed by atoms with van der Waals surface area (Å²) in [5, 5.41) is 6.92. The standard InChI is InChI=1S/C18H13ClN4O3S/c1-10-6-15(22-26-10)21-16(24)8-23-9-20-13-7-14(27-17(13)18(23)25)11-2-4-12(19)5-3-11/h2-7,9H,8H2,1H3,(H,21,22,24). The third-order valence-electron chi connectivity index (χ3n) is 3.84. The third kappa shape index (κ3) is 3.62. The first-order chi connectivity index (χ1) is 13.0. The molecule has 1 aromatic carbocycles. The maximum atomic E-state index is 12.7. The van der Waals surface area contributed by atoms with Gasteiger partial charge in [-0.25, -0.2) is 4.98 Å². The highest BCUT2D eigenvalue weighted by Crippen LogP contribution is 2.31. The summed E-state index contributed by atoms with van der Waals surface area (Å²) in [5.41, 5.74) is 1.28. The van der Waals surface area contributed by atoms with Crippen molar-refractivity contribution in [2.75, 3.05) is 5.32 Å². The molecule has 0 saturated heterocycles. The number of hydrogen-bond donors (Lipinski definition) is 1. The van der Waals surface area contributed by atoms with Crippen LogP contribution in [0.15, 0.2) is 52.0 Å². The van der Waals surface area contributed by atoms with Crippen LogP contribution in [0.25, 0.3) is 20.7 Å². The molecule has 0 unspecified atom stereocenters. The lowest BCUT2D eigenvalue weighted by Gasteiger charge is -2.04. The molecule has 27 heavy (non-hydrogen) atoms. The molecule has 9 heteroatoms. The Kier molecular flexibility index (Phi) is 4.51. The fourth-order valence-corrected chi connectivity index (χ4v) is 3.77. The van der Waals surface area contributed by atoms with Crippen LogP contribution in [-0.2, 0) is 11.3 Å². The van der Waals surface area contributed by atoms with Crippen LogP contribution in [0.3, 0.4) is 0 Å². The fourth-order valence-electron chi connectivity index (χ4n) is 2.58. The molecule has 3 heterocycles. The number of amides is 1. The van der Waals surface area contributed by atoms with Crippen LogP contribution >= 0.6 is 22.9 Å². The molecule has 0 bridgehead atoms. The van der Waals surface area contributed by atoms with Crippen molar-refractivity contribution < 1.29 is 9.32 Å². The highest BCUT2D eigenvalue weighted by Gasteiger charge is 2.13. The first kappa shape index (κ1) is 17.4. The van der Waals surface area contributed by atoms with Crippen molar-refractivity contribution >= 4 is 44.9 Å². The van der Waals surface area contributed by atoms with E-state index in [4.69, 9.17) is 16.1 Å². The molecular formula is C18H13ClN4O3S. The van der Waals surface area contributed by atoms with Crippen LogP contribution in [0.1, 0.15) is 5.76 Å². The number of halogens is 1. The van der Waals surface area contributed by atoms with Crippen LogP contribution in [0, 0.1) is 6.92 Å². The van der Waals surface area contributed by atoms with Crippen molar-refractivity contribution in [1.29, 1.82) is 0 Å². The number of aromatic nitrogens is 3. The van der Waals surface area contributed by atoms with Gasteiger partial charge in [0.05, 0.1) is 11.8 Å². The minimum absolute atomic E-state index is 0.165. The minimum Gasteiger partial charge on any atom is -0.360 e. The second kappa shape index (κ2) is 6.98. The predicted octanol–water partition coefficient (Wildman–Crippen LogP) is 3.71. The summed E-state index contributed by atoms with van der Waals surface area (Å²) in [5.74, 6) is 0.501. The SMILES string of the molecule is Cc1cc(NC(=O)Cn2cnc3cc(-c4ccc(Cl)cc4)sc3c2=O)no1. The number of thiophene rings is 1. The molecule has 3 aromatic heterocycles. The van der Waals surface area contributed by atoms with E-state index < -0.39 is 0 Å². The number of benzene rings is 1. The van der Waals surface area contributed by atoms with Gasteiger partial charge in [0.1, 0.15) is 17.0 Å². The van der Waals surface area contributed by atoms with E-state index >= 15 is 0 Å². The maximum absolute atomic E-state index is 12.7. The number of rotatable bonds is 4. The molecule has 0 saturated carbocycles. The van der Waals surface area contributed by atoms with Crippen LogP contribution in [-0.4, -0.2) is 20.6 Å². The van der Waals surface area contributed by atoms with E-state index in [1.807, 2.05) is 18.2 Å². The van der Waals surface area contributed by atoms with E-state index in [1.165, 1.54) is 22.2 Å². The Morgan fingerprint density at radius 3 is 2.78 bits per heavy atom. The monoisotopic (exact) mass is 400 g/mol.